The minimum Gasteiger partial charge on any atom is -0.493 e. The van der Waals surface area contributed by atoms with Crippen molar-refractivity contribution in [3.63, 3.8) is 0 Å². The minimum atomic E-state index is -4.35. The first kappa shape index (κ1) is 24.9. The van der Waals surface area contributed by atoms with E-state index in [1.54, 1.807) is 27.3 Å². The highest BCUT2D eigenvalue weighted by molar-refractivity contribution is 14.0. The summed E-state index contributed by atoms with van der Waals surface area (Å²) in [6.45, 7) is 0.831. The fourth-order valence-corrected chi connectivity index (χ4v) is 2.63. The number of benzene rings is 2. The quantitative estimate of drug-likeness (QED) is 0.324. The molecule has 2 aromatic carbocycles. The van der Waals surface area contributed by atoms with Crippen LogP contribution in [-0.4, -0.2) is 33.8 Å². The zero-order valence-corrected chi connectivity index (χ0v) is 18.8. The molecule has 160 valence electrons. The number of hydrogen-bond acceptors (Lipinski definition) is 3. The molecule has 2 N–H and O–H groups in total. The molecule has 0 aliphatic heterocycles. The SMILES string of the molecule is CN=C(NCCc1ccc(OC)c(OC)c1)NCc1cccc(C(F)(F)F)c1.I. The maximum absolute atomic E-state index is 12.8. The van der Waals surface area contributed by atoms with Crippen LogP contribution in [0.2, 0.25) is 0 Å². The molecule has 9 heteroatoms. The van der Waals surface area contributed by atoms with Crippen LogP contribution in [0.15, 0.2) is 47.5 Å². The van der Waals surface area contributed by atoms with E-state index in [4.69, 9.17) is 9.47 Å². The third-order valence-electron chi connectivity index (χ3n) is 4.09. The van der Waals surface area contributed by atoms with Gasteiger partial charge in [0.15, 0.2) is 17.5 Å². The number of alkyl halides is 3. The summed E-state index contributed by atoms with van der Waals surface area (Å²) in [7, 11) is 4.77. The summed E-state index contributed by atoms with van der Waals surface area (Å²) in [5.41, 5.74) is 0.916. The number of nitrogens with zero attached hydrogens (tertiary/aromatic N) is 1. The van der Waals surface area contributed by atoms with E-state index >= 15 is 0 Å². The second-order valence-electron chi connectivity index (χ2n) is 5.99. The predicted molar refractivity (Wildman–Crippen MR) is 118 cm³/mol. The Bertz CT molecular complexity index is 814. The maximum atomic E-state index is 12.8. The van der Waals surface area contributed by atoms with Gasteiger partial charge in [0.05, 0.1) is 19.8 Å². The van der Waals surface area contributed by atoms with Gasteiger partial charge in [-0.1, -0.05) is 18.2 Å². The van der Waals surface area contributed by atoms with E-state index in [1.165, 1.54) is 6.07 Å². The van der Waals surface area contributed by atoms with Crippen LogP contribution in [0.5, 0.6) is 11.5 Å². The molecule has 2 rings (SSSR count). The molecule has 0 bridgehead atoms. The Labute approximate surface area is 185 Å². The standard InChI is InChI=1S/C20H24F3N3O2.HI/c1-24-19(26-13-15-5-4-6-16(11-15)20(21,22)23)25-10-9-14-7-8-17(27-2)18(12-14)28-3;/h4-8,11-12H,9-10,13H2,1-3H3,(H2,24,25,26);1H. The molecule has 5 nitrogen and oxygen atoms in total. The smallest absolute Gasteiger partial charge is 0.416 e. The van der Waals surface area contributed by atoms with Crippen LogP contribution in [0, 0.1) is 0 Å². The van der Waals surface area contributed by atoms with Crippen molar-refractivity contribution in [3.05, 3.63) is 59.2 Å². The first-order chi connectivity index (χ1) is 13.4. The summed E-state index contributed by atoms with van der Waals surface area (Å²) in [5, 5.41) is 6.16. The van der Waals surface area contributed by atoms with Gasteiger partial charge in [0, 0.05) is 20.1 Å². The van der Waals surface area contributed by atoms with Gasteiger partial charge in [-0.15, -0.1) is 24.0 Å². The Morgan fingerprint density at radius 1 is 0.966 bits per heavy atom. The highest BCUT2D eigenvalue weighted by atomic mass is 127. The summed E-state index contributed by atoms with van der Waals surface area (Å²) < 4.78 is 48.9. The Morgan fingerprint density at radius 2 is 1.69 bits per heavy atom. The normalized spacial score (nSPS) is 11.4. The van der Waals surface area contributed by atoms with E-state index in [0.29, 0.717) is 36.0 Å². The highest BCUT2D eigenvalue weighted by Crippen LogP contribution is 2.29. The van der Waals surface area contributed by atoms with Crippen LogP contribution in [0.3, 0.4) is 0 Å². The van der Waals surface area contributed by atoms with Gasteiger partial charge >= 0.3 is 6.18 Å². The van der Waals surface area contributed by atoms with Gasteiger partial charge in [-0.05, 0) is 41.8 Å². The Morgan fingerprint density at radius 3 is 2.31 bits per heavy atom. The number of aliphatic imine (C=N–C) groups is 1. The number of rotatable bonds is 7. The van der Waals surface area contributed by atoms with Crippen molar-refractivity contribution in [3.8, 4) is 11.5 Å². The number of halogens is 4. The third-order valence-corrected chi connectivity index (χ3v) is 4.09. The van der Waals surface area contributed by atoms with Crippen molar-refractivity contribution in [1.82, 2.24) is 10.6 Å². The van der Waals surface area contributed by atoms with E-state index in [0.717, 1.165) is 17.7 Å². The molecule has 0 heterocycles. The molecule has 29 heavy (non-hydrogen) atoms. The Kier molecular flexibility index (Phi) is 10.1. The van der Waals surface area contributed by atoms with Crippen molar-refractivity contribution in [1.29, 1.82) is 0 Å². The fourth-order valence-electron chi connectivity index (χ4n) is 2.63. The van der Waals surface area contributed by atoms with Crippen molar-refractivity contribution >= 4 is 29.9 Å². The van der Waals surface area contributed by atoms with Crippen molar-refractivity contribution in [2.75, 3.05) is 27.8 Å². The van der Waals surface area contributed by atoms with E-state index in [1.807, 2.05) is 18.2 Å². The van der Waals surface area contributed by atoms with E-state index < -0.39 is 11.7 Å². The van der Waals surface area contributed by atoms with Crippen molar-refractivity contribution in [2.45, 2.75) is 19.1 Å². The zero-order chi connectivity index (χ0) is 20.6. The summed E-state index contributed by atoms with van der Waals surface area (Å²) >= 11 is 0. The summed E-state index contributed by atoms with van der Waals surface area (Å²) in [6.07, 6.45) is -3.64. The Balaban J connectivity index is 0.00000420. The van der Waals surface area contributed by atoms with E-state index in [2.05, 4.69) is 15.6 Å². The van der Waals surface area contributed by atoms with Crippen LogP contribution in [-0.2, 0) is 19.1 Å². The van der Waals surface area contributed by atoms with Gasteiger partial charge in [-0.3, -0.25) is 4.99 Å². The fraction of sp³-hybridized carbons (Fsp3) is 0.350. The predicted octanol–water partition coefficient (Wildman–Crippen LogP) is 4.25. The van der Waals surface area contributed by atoms with Crippen LogP contribution >= 0.6 is 24.0 Å². The molecule has 0 aliphatic carbocycles. The van der Waals surface area contributed by atoms with Gasteiger partial charge in [0.2, 0.25) is 0 Å². The molecule has 0 amide bonds. The van der Waals surface area contributed by atoms with Crippen LogP contribution < -0.4 is 20.1 Å². The van der Waals surface area contributed by atoms with E-state index in [9.17, 15) is 13.2 Å². The van der Waals surface area contributed by atoms with Gasteiger partial charge < -0.3 is 20.1 Å². The lowest BCUT2D eigenvalue weighted by atomic mass is 10.1. The molecule has 0 atom stereocenters. The maximum Gasteiger partial charge on any atom is 0.416 e. The van der Waals surface area contributed by atoms with E-state index in [-0.39, 0.29) is 30.5 Å². The highest BCUT2D eigenvalue weighted by Gasteiger charge is 2.30. The lowest BCUT2D eigenvalue weighted by Crippen LogP contribution is -2.37. The summed E-state index contributed by atoms with van der Waals surface area (Å²) in [4.78, 5) is 4.09. The third kappa shape index (κ3) is 7.64. The minimum absolute atomic E-state index is 0. The lowest BCUT2D eigenvalue weighted by molar-refractivity contribution is -0.137. The van der Waals surface area contributed by atoms with Crippen LogP contribution in [0.25, 0.3) is 0 Å². The van der Waals surface area contributed by atoms with Crippen LogP contribution in [0.4, 0.5) is 13.2 Å². The average molecular weight is 523 g/mol. The average Bonchev–Trinajstić information content (AvgIpc) is 2.69. The molecule has 0 saturated heterocycles. The molecule has 0 saturated carbocycles. The van der Waals surface area contributed by atoms with Gasteiger partial charge in [-0.2, -0.15) is 13.2 Å². The number of guanidine groups is 1. The van der Waals surface area contributed by atoms with Crippen LogP contribution in [0.1, 0.15) is 16.7 Å². The molecule has 2 aromatic rings. The molecular weight excluding hydrogens is 498 g/mol. The molecule has 0 aliphatic rings. The van der Waals surface area contributed by atoms with Gasteiger partial charge in [0.25, 0.3) is 0 Å². The molecule has 0 aromatic heterocycles. The molecule has 0 fully saturated rings. The van der Waals surface area contributed by atoms with Crippen molar-refractivity contribution < 1.29 is 22.6 Å². The summed E-state index contributed by atoms with van der Waals surface area (Å²) in [5.74, 6) is 1.84. The zero-order valence-electron chi connectivity index (χ0n) is 16.5. The summed E-state index contributed by atoms with van der Waals surface area (Å²) in [6, 6.07) is 10.9. The lowest BCUT2D eigenvalue weighted by Gasteiger charge is -2.14. The number of hydrogen-bond donors (Lipinski definition) is 2. The first-order valence-electron chi connectivity index (χ1n) is 8.69. The Hall–Kier alpha value is -2.17. The second-order valence-corrected chi connectivity index (χ2v) is 5.99. The first-order valence-corrected chi connectivity index (χ1v) is 8.69. The van der Waals surface area contributed by atoms with Crippen molar-refractivity contribution in [2.24, 2.45) is 4.99 Å². The topological polar surface area (TPSA) is 54.9 Å². The molecule has 0 unspecified atom stereocenters. The molecule has 0 spiro atoms. The number of ether oxygens (including phenoxy) is 2. The monoisotopic (exact) mass is 523 g/mol. The van der Waals surface area contributed by atoms with Gasteiger partial charge in [-0.25, -0.2) is 0 Å². The van der Waals surface area contributed by atoms with Gasteiger partial charge in [0.1, 0.15) is 0 Å². The number of nitrogens with one attached hydrogen (secondary N) is 2. The number of methoxy groups -OCH3 is 2. The molecule has 0 radical (unpaired) electrons. The molecular formula is C20H25F3IN3O2. The largest absolute Gasteiger partial charge is 0.493 e. The second kappa shape index (κ2) is 11.7.